The van der Waals surface area contributed by atoms with E-state index in [2.05, 4.69) is 5.10 Å². The maximum atomic E-state index is 12.5. The Morgan fingerprint density at radius 1 is 1.41 bits per heavy atom. The maximum Gasteiger partial charge on any atom is 0.405 e. The van der Waals surface area contributed by atoms with Gasteiger partial charge in [-0.2, -0.15) is 18.3 Å². The summed E-state index contributed by atoms with van der Waals surface area (Å²) in [5.74, 6) is 0.335. The van der Waals surface area contributed by atoms with Crippen molar-refractivity contribution in [2.24, 2.45) is 7.05 Å². The minimum atomic E-state index is -4.25. The highest BCUT2D eigenvalue weighted by molar-refractivity contribution is 5.66. The number of halogens is 3. The molecule has 0 bridgehead atoms. The van der Waals surface area contributed by atoms with Gasteiger partial charge in [-0.25, -0.2) is 0 Å². The zero-order valence-electron chi connectivity index (χ0n) is 10.2. The zero-order valence-corrected chi connectivity index (χ0v) is 10.2. The molecule has 1 aromatic rings. The Kier molecular flexibility index (Phi) is 3.90. The third-order valence-electron chi connectivity index (χ3n) is 2.40. The predicted molar refractivity (Wildman–Crippen MR) is 60.9 cm³/mol. The van der Waals surface area contributed by atoms with Crippen LogP contribution in [0.5, 0.6) is 0 Å². The molecule has 17 heavy (non-hydrogen) atoms. The largest absolute Gasteiger partial charge is 0.405 e. The summed E-state index contributed by atoms with van der Waals surface area (Å²) in [6.45, 7) is 2.78. The second-order valence-corrected chi connectivity index (χ2v) is 3.98. The molecule has 0 unspecified atom stereocenters. The van der Waals surface area contributed by atoms with Gasteiger partial charge in [0.05, 0.1) is 11.4 Å². The molecular weight excluding hydrogens is 233 g/mol. The summed E-state index contributed by atoms with van der Waals surface area (Å²) in [5.41, 5.74) is 6.62. The minimum absolute atomic E-state index is 0.294. The van der Waals surface area contributed by atoms with E-state index in [1.807, 2.05) is 6.92 Å². The molecule has 2 N–H and O–H groups in total. The molecule has 4 nitrogen and oxygen atoms in total. The Hall–Kier alpha value is -1.40. The fraction of sp³-hybridized carbons (Fsp3) is 0.700. The molecule has 1 heterocycles. The van der Waals surface area contributed by atoms with Gasteiger partial charge in [-0.15, -0.1) is 0 Å². The van der Waals surface area contributed by atoms with E-state index in [0.29, 0.717) is 30.2 Å². The zero-order chi connectivity index (χ0) is 13.2. The fourth-order valence-electron chi connectivity index (χ4n) is 1.78. The number of hydrogen-bond acceptors (Lipinski definition) is 3. The molecule has 0 amide bonds. The minimum Gasteiger partial charge on any atom is -0.394 e. The maximum absolute atomic E-state index is 12.5. The molecule has 0 aliphatic rings. The number of hydrogen-bond donors (Lipinski definition) is 1. The molecule has 0 radical (unpaired) electrons. The lowest BCUT2D eigenvalue weighted by molar-refractivity contribution is -0.119. The fourth-order valence-corrected chi connectivity index (χ4v) is 1.78. The van der Waals surface area contributed by atoms with Crippen LogP contribution in [0.1, 0.15) is 19.0 Å². The number of anilines is 2. The van der Waals surface area contributed by atoms with E-state index in [4.69, 9.17) is 5.73 Å². The third-order valence-corrected chi connectivity index (χ3v) is 2.40. The van der Waals surface area contributed by atoms with Gasteiger partial charge in [0, 0.05) is 13.6 Å². The molecule has 0 aliphatic heterocycles. The number of aryl methyl sites for hydroxylation is 2. The van der Waals surface area contributed by atoms with E-state index in [1.54, 1.807) is 14.0 Å². The average molecular weight is 250 g/mol. The van der Waals surface area contributed by atoms with Gasteiger partial charge in [0.25, 0.3) is 0 Å². The second-order valence-electron chi connectivity index (χ2n) is 3.98. The summed E-state index contributed by atoms with van der Waals surface area (Å²) in [6, 6.07) is 0. The van der Waals surface area contributed by atoms with Gasteiger partial charge >= 0.3 is 6.18 Å². The van der Waals surface area contributed by atoms with Crippen molar-refractivity contribution in [1.82, 2.24) is 9.78 Å². The first-order valence-electron chi connectivity index (χ1n) is 5.37. The van der Waals surface area contributed by atoms with Gasteiger partial charge in [-0.05, 0) is 13.3 Å². The summed E-state index contributed by atoms with van der Waals surface area (Å²) in [6.07, 6.45) is -3.64. The second kappa shape index (κ2) is 4.85. The van der Waals surface area contributed by atoms with Crippen LogP contribution in [0.15, 0.2) is 0 Å². The number of aromatic nitrogens is 2. The van der Waals surface area contributed by atoms with Crippen LogP contribution in [-0.2, 0) is 7.05 Å². The van der Waals surface area contributed by atoms with Crippen LogP contribution in [-0.4, -0.2) is 29.0 Å². The summed E-state index contributed by atoms with van der Waals surface area (Å²) in [4.78, 5) is 1.22. The van der Waals surface area contributed by atoms with E-state index < -0.39 is 12.7 Å². The molecule has 1 aromatic heterocycles. The van der Waals surface area contributed by atoms with E-state index in [1.165, 1.54) is 9.58 Å². The van der Waals surface area contributed by atoms with E-state index >= 15 is 0 Å². The lowest BCUT2D eigenvalue weighted by atomic mass is 10.3. The van der Waals surface area contributed by atoms with Crippen molar-refractivity contribution >= 4 is 11.5 Å². The van der Waals surface area contributed by atoms with E-state index in [9.17, 15) is 13.2 Å². The first-order valence-corrected chi connectivity index (χ1v) is 5.37. The van der Waals surface area contributed by atoms with Gasteiger partial charge in [0.1, 0.15) is 6.54 Å². The summed E-state index contributed by atoms with van der Waals surface area (Å²) < 4.78 is 38.8. The summed E-state index contributed by atoms with van der Waals surface area (Å²) in [7, 11) is 1.59. The summed E-state index contributed by atoms with van der Waals surface area (Å²) >= 11 is 0. The van der Waals surface area contributed by atoms with Crippen LogP contribution in [0.4, 0.5) is 24.7 Å². The third kappa shape index (κ3) is 3.28. The number of nitrogens with two attached hydrogens (primary N) is 1. The first-order chi connectivity index (χ1) is 7.76. The first kappa shape index (κ1) is 13.7. The van der Waals surface area contributed by atoms with Crippen LogP contribution < -0.4 is 10.6 Å². The van der Waals surface area contributed by atoms with Gasteiger partial charge in [-0.1, -0.05) is 6.92 Å². The van der Waals surface area contributed by atoms with Gasteiger partial charge in [-0.3, -0.25) is 4.68 Å². The van der Waals surface area contributed by atoms with E-state index in [0.717, 1.165) is 0 Å². The lowest BCUT2D eigenvalue weighted by Gasteiger charge is -2.25. The van der Waals surface area contributed by atoms with Crippen LogP contribution in [0.3, 0.4) is 0 Å². The molecule has 1 rings (SSSR count). The van der Waals surface area contributed by atoms with Crippen molar-refractivity contribution in [1.29, 1.82) is 0 Å². The number of rotatable bonds is 4. The lowest BCUT2D eigenvalue weighted by Crippen LogP contribution is -2.36. The SMILES string of the molecule is CCCN(CC(F)(F)F)c1c(N)c(C)nn1C. The number of nitrogen functional groups attached to an aromatic ring is 1. The summed E-state index contributed by atoms with van der Waals surface area (Å²) in [5, 5.41) is 4.03. The Bertz CT molecular complexity index is 384. The van der Waals surface area contributed by atoms with Gasteiger partial charge in [0.15, 0.2) is 5.82 Å². The Balaban J connectivity index is 3.05. The quantitative estimate of drug-likeness (QED) is 0.890. The van der Waals surface area contributed by atoms with Gasteiger partial charge < -0.3 is 10.6 Å². The predicted octanol–water partition coefficient (Wildman–Crippen LogP) is 2.09. The molecule has 0 spiro atoms. The molecule has 98 valence electrons. The number of alkyl halides is 3. The van der Waals surface area contributed by atoms with Crippen molar-refractivity contribution in [3.05, 3.63) is 5.69 Å². The monoisotopic (exact) mass is 250 g/mol. The van der Waals surface area contributed by atoms with Crippen LogP contribution in [0.2, 0.25) is 0 Å². The molecule has 0 saturated heterocycles. The standard InChI is InChI=1S/C10H17F3N4/c1-4-5-17(6-10(11,12)13)9-8(14)7(2)15-16(9)3/h4-6,14H2,1-3H3. The smallest absolute Gasteiger partial charge is 0.394 e. The molecular formula is C10H17F3N4. The van der Waals surface area contributed by atoms with Gasteiger partial charge in [0.2, 0.25) is 0 Å². The van der Waals surface area contributed by atoms with Crippen molar-refractivity contribution in [2.45, 2.75) is 26.4 Å². The molecule has 0 saturated carbocycles. The van der Waals surface area contributed by atoms with E-state index in [-0.39, 0.29) is 0 Å². The highest BCUT2D eigenvalue weighted by Crippen LogP contribution is 2.28. The Labute approximate surface area is 98.2 Å². The number of nitrogens with zero attached hydrogens (tertiary/aromatic N) is 3. The highest BCUT2D eigenvalue weighted by Gasteiger charge is 2.32. The van der Waals surface area contributed by atoms with Crippen molar-refractivity contribution in [2.75, 3.05) is 23.7 Å². The normalized spacial score (nSPS) is 11.9. The van der Waals surface area contributed by atoms with Crippen molar-refractivity contribution in [3.8, 4) is 0 Å². The molecule has 0 aromatic carbocycles. The Morgan fingerprint density at radius 3 is 2.35 bits per heavy atom. The molecule has 0 fully saturated rings. The molecule has 0 aliphatic carbocycles. The highest BCUT2D eigenvalue weighted by atomic mass is 19.4. The topological polar surface area (TPSA) is 47.1 Å². The average Bonchev–Trinajstić information content (AvgIpc) is 2.38. The molecule has 0 atom stereocenters. The van der Waals surface area contributed by atoms with Crippen molar-refractivity contribution in [3.63, 3.8) is 0 Å². The Morgan fingerprint density at radius 2 is 2.00 bits per heavy atom. The van der Waals surface area contributed by atoms with Crippen molar-refractivity contribution < 1.29 is 13.2 Å². The molecule has 7 heteroatoms. The van der Waals surface area contributed by atoms with Crippen LogP contribution >= 0.6 is 0 Å². The van der Waals surface area contributed by atoms with Crippen LogP contribution in [0.25, 0.3) is 0 Å². The van der Waals surface area contributed by atoms with Crippen LogP contribution in [0, 0.1) is 6.92 Å².